The van der Waals surface area contributed by atoms with Gasteiger partial charge < -0.3 is 15.2 Å². The van der Waals surface area contributed by atoms with Crippen LogP contribution in [0, 0.1) is 5.92 Å². The third-order valence-corrected chi connectivity index (χ3v) is 3.73. The standard InChI is InChI=1S/C16H21NO4/c18-15(9-8-12-4-1-2-5-12)17-13-6-3-7-14(10-13)21-11-16(19)20/h3,6-7,10,12H,1-2,4-5,8-9,11H2,(H,17,18)(H,19,20). The van der Waals surface area contributed by atoms with Gasteiger partial charge in [0, 0.05) is 18.2 Å². The van der Waals surface area contributed by atoms with Crippen LogP contribution < -0.4 is 10.1 Å². The molecule has 0 bridgehead atoms. The Bertz CT molecular complexity index is 495. The first-order chi connectivity index (χ1) is 10.1. The van der Waals surface area contributed by atoms with E-state index in [1.165, 1.54) is 25.7 Å². The van der Waals surface area contributed by atoms with Crippen molar-refractivity contribution < 1.29 is 19.4 Å². The molecule has 0 spiro atoms. The van der Waals surface area contributed by atoms with E-state index in [2.05, 4.69) is 5.32 Å². The van der Waals surface area contributed by atoms with Crippen molar-refractivity contribution >= 4 is 17.6 Å². The van der Waals surface area contributed by atoms with Gasteiger partial charge in [0.2, 0.25) is 5.91 Å². The number of amides is 1. The fourth-order valence-corrected chi connectivity index (χ4v) is 2.67. The number of carbonyl (C=O) groups excluding carboxylic acids is 1. The molecule has 0 aromatic heterocycles. The molecule has 21 heavy (non-hydrogen) atoms. The predicted octanol–water partition coefficient (Wildman–Crippen LogP) is 3.06. The van der Waals surface area contributed by atoms with E-state index in [4.69, 9.17) is 9.84 Å². The molecule has 0 atom stereocenters. The van der Waals surface area contributed by atoms with Gasteiger partial charge in [-0.25, -0.2) is 4.79 Å². The van der Waals surface area contributed by atoms with Gasteiger partial charge in [0.25, 0.3) is 0 Å². The molecular weight excluding hydrogens is 270 g/mol. The third kappa shape index (κ3) is 5.45. The highest BCUT2D eigenvalue weighted by atomic mass is 16.5. The number of nitrogens with one attached hydrogen (secondary N) is 1. The van der Waals surface area contributed by atoms with Gasteiger partial charge in [-0.3, -0.25) is 4.79 Å². The van der Waals surface area contributed by atoms with Crippen LogP contribution in [0.15, 0.2) is 24.3 Å². The number of aliphatic carboxylic acids is 1. The molecule has 0 unspecified atom stereocenters. The van der Waals surface area contributed by atoms with Crippen LogP contribution in [-0.2, 0) is 9.59 Å². The topological polar surface area (TPSA) is 75.6 Å². The molecule has 1 amide bonds. The third-order valence-electron chi connectivity index (χ3n) is 3.73. The van der Waals surface area contributed by atoms with Crippen LogP contribution >= 0.6 is 0 Å². The molecule has 114 valence electrons. The van der Waals surface area contributed by atoms with E-state index in [1.54, 1.807) is 24.3 Å². The van der Waals surface area contributed by atoms with Crippen molar-refractivity contribution in [3.63, 3.8) is 0 Å². The van der Waals surface area contributed by atoms with Gasteiger partial charge in [-0.1, -0.05) is 31.7 Å². The Hall–Kier alpha value is -2.04. The molecule has 1 aliphatic carbocycles. The number of hydrogen-bond donors (Lipinski definition) is 2. The summed E-state index contributed by atoms with van der Waals surface area (Å²) in [5.41, 5.74) is 0.634. The van der Waals surface area contributed by atoms with Crippen LogP contribution in [0.2, 0.25) is 0 Å². The first-order valence-corrected chi connectivity index (χ1v) is 7.38. The first-order valence-electron chi connectivity index (χ1n) is 7.38. The zero-order valence-corrected chi connectivity index (χ0v) is 12.0. The van der Waals surface area contributed by atoms with E-state index in [-0.39, 0.29) is 12.5 Å². The van der Waals surface area contributed by atoms with Gasteiger partial charge >= 0.3 is 5.97 Å². The Morgan fingerprint density at radius 2 is 2.05 bits per heavy atom. The molecule has 0 aliphatic heterocycles. The van der Waals surface area contributed by atoms with Gasteiger partial charge in [-0.05, 0) is 24.5 Å². The molecular formula is C16H21NO4. The Balaban J connectivity index is 1.79. The second-order valence-corrected chi connectivity index (χ2v) is 5.45. The molecule has 0 saturated heterocycles. The zero-order chi connectivity index (χ0) is 15.1. The number of carboxylic acid groups (broad SMARTS) is 1. The summed E-state index contributed by atoms with van der Waals surface area (Å²) in [6, 6.07) is 6.79. The second kappa shape index (κ2) is 7.67. The molecule has 5 heteroatoms. The van der Waals surface area contributed by atoms with Crippen LogP contribution in [0.25, 0.3) is 0 Å². The van der Waals surface area contributed by atoms with Crippen molar-refractivity contribution in [3.8, 4) is 5.75 Å². The minimum atomic E-state index is -1.03. The number of rotatable bonds is 7. The lowest BCUT2D eigenvalue weighted by atomic mass is 10.0. The van der Waals surface area contributed by atoms with Crippen molar-refractivity contribution in [1.82, 2.24) is 0 Å². The molecule has 1 aromatic rings. The van der Waals surface area contributed by atoms with Gasteiger partial charge in [0.05, 0.1) is 0 Å². The smallest absolute Gasteiger partial charge is 0.341 e. The highest BCUT2D eigenvalue weighted by Crippen LogP contribution is 2.28. The van der Waals surface area contributed by atoms with Gasteiger partial charge in [0.15, 0.2) is 6.61 Å². The average molecular weight is 291 g/mol. The van der Waals surface area contributed by atoms with Crippen LogP contribution in [0.4, 0.5) is 5.69 Å². The summed E-state index contributed by atoms with van der Waals surface area (Å²) in [4.78, 5) is 22.4. The lowest BCUT2D eigenvalue weighted by Gasteiger charge is -2.10. The van der Waals surface area contributed by atoms with Crippen molar-refractivity contribution in [2.45, 2.75) is 38.5 Å². The van der Waals surface area contributed by atoms with E-state index in [0.717, 1.165) is 6.42 Å². The quantitative estimate of drug-likeness (QED) is 0.809. The molecule has 1 saturated carbocycles. The van der Waals surface area contributed by atoms with Crippen LogP contribution in [0.5, 0.6) is 5.75 Å². The summed E-state index contributed by atoms with van der Waals surface area (Å²) >= 11 is 0. The van der Waals surface area contributed by atoms with Crippen molar-refractivity contribution in [1.29, 1.82) is 0 Å². The molecule has 1 aromatic carbocycles. The fraction of sp³-hybridized carbons (Fsp3) is 0.500. The number of hydrogen-bond acceptors (Lipinski definition) is 3. The highest BCUT2D eigenvalue weighted by molar-refractivity contribution is 5.90. The molecule has 1 fully saturated rings. The number of ether oxygens (including phenoxy) is 1. The number of anilines is 1. The second-order valence-electron chi connectivity index (χ2n) is 5.45. The number of carboxylic acids is 1. The fourth-order valence-electron chi connectivity index (χ4n) is 2.67. The van der Waals surface area contributed by atoms with Crippen LogP contribution in [0.1, 0.15) is 38.5 Å². The highest BCUT2D eigenvalue weighted by Gasteiger charge is 2.16. The van der Waals surface area contributed by atoms with Gasteiger partial charge in [0.1, 0.15) is 5.75 Å². The summed E-state index contributed by atoms with van der Waals surface area (Å²) in [6.07, 6.45) is 6.54. The molecule has 2 rings (SSSR count). The van der Waals surface area contributed by atoms with E-state index in [0.29, 0.717) is 23.8 Å². The van der Waals surface area contributed by atoms with Crippen molar-refractivity contribution in [3.05, 3.63) is 24.3 Å². The zero-order valence-electron chi connectivity index (χ0n) is 12.0. The summed E-state index contributed by atoms with van der Waals surface area (Å²) in [5.74, 6) is 0.102. The van der Waals surface area contributed by atoms with Crippen LogP contribution in [-0.4, -0.2) is 23.6 Å². The first kappa shape index (κ1) is 15.4. The lowest BCUT2D eigenvalue weighted by Crippen LogP contribution is -2.13. The summed E-state index contributed by atoms with van der Waals surface area (Å²) in [7, 11) is 0. The maximum Gasteiger partial charge on any atom is 0.341 e. The minimum Gasteiger partial charge on any atom is -0.482 e. The van der Waals surface area contributed by atoms with E-state index in [1.807, 2.05) is 0 Å². The van der Waals surface area contributed by atoms with E-state index < -0.39 is 5.97 Å². The van der Waals surface area contributed by atoms with Gasteiger partial charge in [-0.15, -0.1) is 0 Å². The summed E-state index contributed by atoms with van der Waals surface area (Å²) in [5, 5.41) is 11.4. The maximum atomic E-state index is 11.9. The number of carbonyl (C=O) groups is 2. The summed E-state index contributed by atoms with van der Waals surface area (Å²) in [6.45, 7) is -0.390. The molecule has 2 N–H and O–H groups in total. The summed E-state index contributed by atoms with van der Waals surface area (Å²) < 4.78 is 5.08. The van der Waals surface area contributed by atoms with Crippen LogP contribution in [0.3, 0.4) is 0 Å². The van der Waals surface area contributed by atoms with E-state index in [9.17, 15) is 9.59 Å². The number of benzene rings is 1. The molecule has 5 nitrogen and oxygen atoms in total. The Labute approximate surface area is 124 Å². The Morgan fingerprint density at radius 3 is 2.76 bits per heavy atom. The Morgan fingerprint density at radius 1 is 1.29 bits per heavy atom. The maximum absolute atomic E-state index is 11.9. The minimum absolute atomic E-state index is 0.00251. The Kier molecular flexibility index (Phi) is 5.60. The average Bonchev–Trinajstić information content (AvgIpc) is 2.97. The predicted molar refractivity (Wildman–Crippen MR) is 79.4 cm³/mol. The van der Waals surface area contributed by atoms with Crippen molar-refractivity contribution in [2.24, 2.45) is 5.92 Å². The molecule has 1 aliphatic rings. The lowest BCUT2D eigenvalue weighted by molar-refractivity contribution is -0.139. The van der Waals surface area contributed by atoms with E-state index >= 15 is 0 Å². The van der Waals surface area contributed by atoms with Crippen molar-refractivity contribution in [2.75, 3.05) is 11.9 Å². The monoisotopic (exact) mass is 291 g/mol. The van der Waals surface area contributed by atoms with Gasteiger partial charge in [-0.2, -0.15) is 0 Å². The molecule has 0 radical (unpaired) electrons. The largest absolute Gasteiger partial charge is 0.482 e. The normalized spacial score (nSPS) is 14.9. The molecule has 0 heterocycles. The SMILES string of the molecule is O=C(O)COc1cccc(NC(=O)CCC2CCCC2)c1.